The Bertz CT molecular complexity index is 541. The molecule has 1 aromatic rings. The first-order valence-electron chi connectivity index (χ1n) is 8.91. The van der Waals surface area contributed by atoms with Crippen LogP contribution in [0.1, 0.15) is 63.2 Å². The summed E-state index contributed by atoms with van der Waals surface area (Å²) in [4.78, 5) is 4.85. The molecule has 128 valence electrons. The highest BCUT2D eigenvalue weighted by Gasteiger charge is 2.54. The Hall–Kier alpha value is -0.650. The largest absolute Gasteiger partial charge is 0.375 e. The van der Waals surface area contributed by atoms with Crippen LogP contribution >= 0.6 is 12.4 Å². The van der Waals surface area contributed by atoms with Crippen molar-refractivity contribution in [1.82, 2.24) is 15.5 Å². The van der Waals surface area contributed by atoms with Gasteiger partial charge in [0.25, 0.3) is 0 Å². The average molecular weight is 340 g/mol. The first kappa shape index (κ1) is 15.9. The van der Waals surface area contributed by atoms with Crippen molar-refractivity contribution in [2.45, 2.75) is 63.0 Å². The Morgan fingerprint density at radius 2 is 1.74 bits per heavy atom. The van der Waals surface area contributed by atoms with Gasteiger partial charge in [0.15, 0.2) is 5.82 Å². The van der Waals surface area contributed by atoms with E-state index < -0.39 is 0 Å². The molecule has 2 atom stereocenters. The van der Waals surface area contributed by atoms with E-state index in [4.69, 9.17) is 14.2 Å². The molecule has 6 rings (SSSR count). The SMILES string of the molecule is C[C@H]1OCCN[C@@H]1c1nc(C23CC4CC(CC(C4)C2)C3)no1.Cl. The normalized spacial score (nSPS) is 45.0. The van der Waals surface area contributed by atoms with Gasteiger partial charge in [-0.05, 0) is 63.2 Å². The van der Waals surface area contributed by atoms with Gasteiger partial charge in [0.1, 0.15) is 6.04 Å². The Morgan fingerprint density at radius 1 is 1.09 bits per heavy atom. The van der Waals surface area contributed by atoms with E-state index in [0.717, 1.165) is 42.6 Å². The molecule has 0 amide bonds. The second-order valence-corrected chi connectivity index (χ2v) is 8.16. The molecule has 1 N–H and O–H groups in total. The van der Waals surface area contributed by atoms with Gasteiger partial charge in [-0.2, -0.15) is 4.98 Å². The molecule has 4 aliphatic carbocycles. The van der Waals surface area contributed by atoms with Crippen LogP contribution in [0.2, 0.25) is 0 Å². The van der Waals surface area contributed by atoms with Gasteiger partial charge in [0, 0.05) is 12.0 Å². The van der Waals surface area contributed by atoms with Crippen LogP contribution in [0.4, 0.5) is 0 Å². The molecule has 23 heavy (non-hydrogen) atoms. The maximum absolute atomic E-state index is 5.71. The fraction of sp³-hybridized carbons (Fsp3) is 0.882. The number of rotatable bonds is 2. The van der Waals surface area contributed by atoms with Gasteiger partial charge in [-0.15, -0.1) is 12.4 Å². The van der Waals surface area contributed by atoms with Gasteiger partial charge < -0.3 is 14.6 Å². The van der Waals surface area contributed by atoms with Gasteiger partial charge in [-0.1, -0.05) is 5.16 Å². The van der Waals surface area contributed by atoms with Gasteiger partial charge in [0.05, 0.1) is 12.7 Å². The van der Waals surface area contributed by atoms with Crippen LogP contribution in [0.25, 0.3) is 0 Å². The van der Waals surface area contributed by atoms with E-state index in [0.29, 0.717) is 0 Å². The third-order valence-electron chi connectivity index (χ3n) is 6.54. The minimum absolute atomic E-state index is 0. The van der Waals surface area contributed by atoms with Crippen LogP contribution in [-0.2, 0) is 10.2 Å². The molecular formula is C17H26ClN3O2. The number of nitrogens with zero attached hydrogens (tertiary/aromatic N) is 2. The maximum Gasteiger partial charge on any atom is 0.246 e. The molecule has 6 heteroatoms. The topological polar surface area (TPSA) is 60.2 Å². The summed E-state index contributed by atoms with van der Waals surface area (Å²) >= 11 is 0. The predicted molar refractivity (Wildman–Crippen MR) is 87.6 cm³/mol. The van der Waals surface area contributed by atoms with E-state index in [-0.39, 0.29) is 30.0 Å². The molecule has 5 aliphatic rings. The van der Waals surface area contributed by atoms with Crippen LogP contribution in [-0.4, -0.2) is 29.4 Å². The molecule has 0 radical (unpaired) electrons. The summed E-state index contributed by atoms with van der Waals surface area (Å²) in [5.74, 6) is 4.42. The Kier molecular flexibility index (Phi) is 3.94. The van der Waals surface area contributed by atoms with Crippen LogP contribution < -0.4 is 5.32 Å². The summed E-state index contributed by atoms with van der Waals surface area (Å²) in [5.41, 5.74) is 0.218. The molecule has 0 unspecified atom stereocenters. The molecule has 1 saturated heterocycles. The number of nitrogens with one attached hydrogen (secondary N) is 1. The van der Waals surface area contributed by atoms with E-state index in [1.807, 2.05) is 0 Å². The number of hydrogen-bond donors (Lipinski definition) is 1. The second kappa shape index (κ2) is 5.71. The van der Waals surface area contributed by atoms with Gasteiger partial charge in [-0.25, -0.2) is 0 Å². The number of halogens is 1. The summed E-state index contributed by atoms with van der Waals surface area (Å²) in [6.07, 6.45) is 8.27. The van der Waals surface area contributed by atoms with Crippen molar-refractivity contribution < 1.29 is 9.26 Å². The standard InChI is InChI=1S/C17H25N3O2.ClH/c1-10-14(18-2-3-21-10)15-19-16(20-22-15)17-7-11-4-12(8-17)6-13(5-11)9-17;/h10-14,18H,2-9H2,1H3;1H/t10-,11?,12?,13?,14+,17?;/m1./s1. The number of morpholine rings is 1. The smallest absolute Gasteiger partial charge is 0.246 e. The molecule has 2 heterocycles. The summed E-state index contributed by atoms with van der Waals surface area (Å²) < 4.78 is 11.4. The fourth-order valence-electron chi connectivity index (χ4n) is 5.97. The highest BCUT2D eigenvalue weighted by molar-refractivity contribution is 5.85. The predicted octanol–water partition coefficient (Wildman–Crippen LogP) is 3.01. The Balaban J connectivity index is 0.00000135. The van der Waals surface area contributed by atoms with Gasteiger partial charge in [0.2, 0.25) is 5.89 Å². The number of hydrogen-bond acceptors (Lipinski definition) is 5. The van der Waals surface area contributed by atoms with Crippen molar-refractivity contribution in [1.29, 1.82) is 0 Å². The Labute approximate surface area is 143 Å². The third-order valence-corrected chi connectivity index (χ3v) is 6.54. The second-order valence-electron chi connectivity index (χ2n) is 8.16. The van der Waals surface area contributed by atoms with Crippen LogP contribution in [0.5, 0.6) is 0 Å². The monoisotopic (exact) mass is 339 g/mol. The van der Waals surface area contributed by atoms with Crippen LogP contribution in [0.3, 0.4) is 0 Å². The molecule has 4 bridgehead atoms. The zero-order valence-corrected chi connectivity index (χ0v) is 14.5. The van der Waals surface area contributed by atoms with Crippen molar-refractivity contribution in [2.24, 2.45) is 17.8 Å². The number of ether oxygens (including phenoxy) is 1. The molecule has 0 spiro atoms. The molecule has 5 nitrogen and oxygen atoms in total. The molecule has 4 saturated carbocycles. The van der Waals surface area contributed by atoms with E-state index in [1.54, 1.807) is 0 Å². The zero-order chi connectivity index (χ0) is 14.7. The van der Waals surface area contributed by atoms with E-state index in [2.05, 4.69) is 17.4 Å². The van der Waals surface area contributed by atoms with E-state index in [1.165, 1.54) is 38.5 Å². The summed E-state index contributed by atoms with van der Waals surface area (Å²) in [6.45, 7) is 3.68. The molecular weight excluding hydrogens is 314 g/mol. The molecule has 1 aliphatic heterocycles. The van der Waals surface area contributed by atoms with Crippen molar-refractivity contribution in [3.05, 3.63) is 11.7 Å². The molecule has 5 fully saturated rings. The van der Waals surface area contributed by atoms with Gasteiger partial charge >= 0.3 is 0 Å². The Morgan fingerprint density at radius 3 is 2.35 bits per heavy atom. The van der Waals surface area contributed by atoms with Crippen molar-refractivity contribution in [3.8, 4) is 0 Å². The first-order chi connectivity index (χ1) is 10.7. The van der Waals surface area contributed by atoms with Crippen molar-refractivity contribution >= 4 is 12.4 Å². The third kappa shape index (κ3) is 2.52. The summed E-state index contributed by atoms with van der Waals surface area (Å²) in [7, 11) is 0. The summed E-state index contributed by atoms with van der Waals surface area (Å²) in [5, 5.41) is 7.89. The highest BCUT2D eigenvalue weighted by Crippen LogP contribution is 2.60. The first-order valence-corrected chi connectivity index (χ1v) is 8.91. The lowest BCUT2D eigenvalue weighted by Gasteiger charge is -2.55. The quantitative estimate of drug-likeness (QED) is 0.897. The van der Waals surface area contributed by atoms with Crippen LogP contribution in [0, 0.1) is 17.8 Å². The maximum atomic E-state index is 5.71. The lowest BCUT2D eigenvalue weighted by atomic mass is 9.49. The molecule has 1 aromatic heterocycles. The molecule has 0 aromatic carbocycles. The fourth-order valence-corrected chi connectivity index (χ4v) is 5.97. The number of aromatic nitrogens is 2. The van der Waals surface area contributed by atoms with Crippen LogP contribution in [0.15, 0.2) is 4.52 Å². The highest BCUT2D eigenvalue weighted by atomic mass is 35.5. The summed E-state index contributed by atoms with van der Waals surface area (Å²) in [6, 6.07) is 0.0453. The average Bonchev–Trinajstić information content (AvgIpc) is 2.97. The lowest BCUT2D eigenvalue weighted by molar-refractivity contribution is -0.0103. The lowest BCUT2D eigenvalue weighted by Crippen LogP contribution is -2.49. The van der Waals surface area contributed by atoms with Crippen molar-refractivity contribution in [3.63, 3.8) is 0 Å². The minimum atomic E-state index is 0. The van der Waals surface area contributed by atoms with Gasteiger partial charge in [-0.3, -0.25) is 0 Å². The van der Waals surface area contributed by atoms with E-state index in [9.17, 15) is 0 Å². The van der Waals surface area contributed by atoms with E-state index >= 15 is 0 Å². The van der Waals surface area contributed by atoms with Crippen molar-refractivity contribution in [2.75, 3.05) is 13.2 Å². The minimum Gasteiger partial charge on any atom is -0.375 e. The zero-order valence-electron chi connectivity index (χ0n) is 13.7.